The summed E-state index contributed by atoms with van der Waals surface area (Å²) < 4.78 is 23.1. The third kappa shape index (κ3) is 3.55. The van der Waals surface area contributed by atoms with E-state index in [9.17, 15) is 0 Å². The third-order valence-electron chi connectivity index (χ3n) is 3.92. The summed E-state index contributed by atoms with van der Waals surface area (Å²) in [4.78, 5) is 2.91. The van der Waals surface area contributed by atoms with Crippen molar-refractivity contribution in [2.24, 2.45) is 5.11 Å². The average molecular weight is 317 g/mol. The van der Waals surface area contributed by atoms with Gasteiger partial charge in [-0.2, -0.15) is 0 Å². The van der Waals surface area contributed by atoms with Crippen molar-refractivity contribution in [3.63, 3.8) is 0 Å². The van der Waals surface area contributed by atoms with Crippen LogP contribution in [0.5, 0.6) is 0 Å². The van der Waals surface area contributed by atoms with Gasteiger partial charge in [-0.15, -0.1) is 6.58 Å². The van der Waals surface area contributed by atoms with E-state index in [2.05, 4.69) is 16.6 Å². The lowest BCUT2D eigenvalue weighted by Gasteiger charge is -2.38. The maximum Gasteiger partial charge on any atom is 0.169 e. The van der Waals surface area contributed by atoms with E-state index in [1.54, 1.807) is 6.08 Å². The number of nitrogens with zero attached hydrogens (tertiary/aromatic N) is 3. The fraction of sp³-hybridized carbons (Fsp3) is 0.500. The second-order valence-corrected chi connectivity index (χ2v) is 5.42. The fourth-order valence-electron chi connectivity index (χ4n) is 2.87. The molecule has 23 heavy (non-hydrogen) atoms. The molecule has 2 aliphatic heterocycles. The van der Waals surface area contributed by atoms with Crippen molar-refractivity contribution < 1.29 is 18.9 Å². The first kappa shape index (κ1) is 16.0. The second kappa shape index (κ2) is 7.59. The highest BCUT2D eigenvalue weighted by molar-refractivity contribution is 5.13. The first-order chi connectivity index (χ1) is 11.3. The molecule has 2 bridgehead atoms. The normalized spacial score (nSPS) is 32.3. The Morgan fingerprint density at radius 2 is 2.13 bits per heavy atom. The Morgan fingerprint density at radius 1 is 1.30 bits per heavy atom. The van der Waals surface area contributed by atoms with E-state index in [-0.39, 0.29) is 12.2 Å². The monoisotopic (exact) mass is 317 g/mol. The molecule has 0 N–H and O–H groups in total. The highest BCUT2D eigenvalue weighted by atomic mass is 16.7. The first-order valence-electron chi connectivity index (χ1n) is 7.53. The van der Waals surface area contributed by atoms with Crippen LogP contribution in [0.1, 0.15) is 5.56 Å². The number of rotatable bonds is 7. The second-order valence-electron chi connectivity index (χ2n) is 5.42. The van der Waals surface area contributed by atoms with Crippen LogP contribution in [0.15, 0.2) is 48.1 Å². The van der Waals surface area contributed by atoms with Gasteiger partial charge in [0, 0.05) is 4.91 Å². The summed E-state index contributed by atoms with van der Waals surface area (Å²) in [5, 5.41) is 3.81. The van der Waals surface area contributed by atoms with Crippen molar-refractivity contribution in [1.29, 1.82) is 0 Å². The Balaban J connectivity index is 1.77. The quantitative estimate of drug-likeness (QED) is 0.335. The van der Waals surface area contributed by atoms with Crippen molar-refractivity contribution in [2.75, 3.05) is 13.2 Å². The van der Waals surface area contributed by atoms with Gasteiger partial charge in [0.15, 0.2) is 6.29 Å². The van der Waals surface area contributed by atoms with Crippen molar-refractivity contribution in [3.8, 4) is 0 Å². The van der Waals surface area contributed by atoms with E-state index in [0.717, 1.165) is 5.56 Å². The largest absolute Gasteiger partial charge is 0.370 e. The van der Waals surface area contributed by atoms with Crippen LogP contribution in [0.25, 0.3) is 10.4 Å². The van der Waals surface area contributed by atoms with E-state index in [0.29, 0.717) is 19.8 Å². The van der Waals surface area contributed by atoms with Gasteiger partial charge in [0.05, 0.1) is 19.8 Å². The number of fused-ring (bicyclic) bond motifs is 2. The van der Waals surface area contributed by atoms with Crippen molar-refractivity contribution in [2.45, 2.75) is 37.3 Å². The lowest BCUT2D eigenvalue weighted by Crippen LogP contribution is -2.55. The van der Waals surface area contributed by atoms with Crippen molar-refractivity contribution in [1.82, 2.24) is 0 Å². The lowest BCUT2D eigenvalue weighted by molar-refractivity contribution is -0.206. The Kier molecular flexibility index (Phi) is 5.27. The summed E-state index contributed by atoms with van der Waals surface area (Å²) in [6, 6.07) is 9.22. The summed E-state index contributed by atoms with van der Waals surface area (Å²) in [6.45, 7) is 4.82. The molecule has 0 saturated carbocycles. The molecule has 2 aliphatic rings. The van der Waals surface area contributed by atoms with Gasteiger partial charge in [-0.25, -0.2) is 0 Å². The summed E-state index contributed by atoms with van der Waals surface area (Å²) in [7, 11) is 0. The number of hydrogen-bond donors (Lipinski definition) is 0. The number of azide groups is 1. The first-order valence-corrected chi connectivity index (χ1v) is 7.53. The maximum atomic E-state index is 8.85. The summed E-state index contributed by atoms with van der Waals surface area (Å²) in [5.41, 5.74) is 9.88. The van der Waals surface area contributed by atoms with Gasteiger partial charge in [0.2, 0.25) is 0 Å². The molecule has 3 rings (SSSR count). The zero-order chi connectivity index (χ0) is 16.1. The van der Waals surface area contributed by atoms with E-state index in [1.807, 2.05) is 30.3 Å². The number of hydrogen-bond acceptors (Lipinski definition) is 5. The Hall–Kier alpha value is -1.89. The fourth-order valence-corrected chi connectivity index (χ4v) is 2.87. The maximum absolute atomic E-state index is 8.85. The molecule has 7 heteroatoms. The van der Waals surface area contributed by atoms with Crippen LogP contribution in [0.4, 0.5) is 0 Å². The molecular formula is C16H19N3O4. The van der Waals surface area contributed by atoms with Crippen LogP contribution in [0, 0.1) is 0 Å². The molecule has 2 heterocycles. The molecule has 2 saturated heterocycles. The summed E-state index contributed by atoms with van der Waals surface area (Å²) in [5.74, 6) is 0. The van der Waals surface area contributed by atoms with Crippen molar-refractivity contribution >= 4 is 0 Å². The van der Waals surface area contributed by atoms with Gasteiger partial charge in [-0.3, -0.25) is 0 Å². The minimum absolute atomic E-state index is 0.231. The SMILES string of the molecule is C=CCO[C@H]1[C@H](OCc2ccccc2)[C@@H](N=[N+]=[N-])[C@@H]2OC[C@H]1O2. The smallest absolute Gasteiger partial charge is 0.169 e. The van der Waals surface area contributed by atoms with E-state index >= 15 is 0 Å². The van der Waals surface area contributed by atoms with Gasteiger partial charge in [0.25, 0.3) is 0 Å². The minimum Gasteiger partial charge on any atom is -0.370 e. The Labute approximate surface area is 134 Å². The lowest BCUT2D eigenvalue weighted by atomic mass is 9.99. The topological polar surface area (TPSA) is 85.7 Å². The molecule has 0 aromatic heterocycles. The molecule has 0 spiro atoms. The van der Waals surface area contributed by atoms with Gasteiger partial charge < -0.3 is 18.9 Å². The van der Waals surface area contributed by atoms with Crippen LogP contribution in [-0.2, 0) is 25.6 Å². The standard InChI is InChI=1S/C16H19N3O4/c1-2-8-20-14-12-10-22-16(23-12)13(18-19-17)15(14)21-9-11-6-4-3-5-7-11/h2-7,12-16H,1,8-10H2/t12-,13-,14-,15-,16-/m1/s1. The van der Waals surface area contributed by atoms with Gasteiger partial charge >= 0.3 is 0 Å². The average Bonchev–Trinajstić information content (AvgIpc) is 3.02. The predicted octanol–water partition coefficient (Wildman–Crippen LogP) is 2.58. The van der Waals surface area contributed by atoms with Gasteiger partial charge in [-0.1, -0.05) is 41.5 Å². The molecule has 1 aromatic carbocycles. The van der Waals surface area contributed by atoms with Gasteiger partial charge in [0.1, 0.15) is 24.4 Å². The Morgan fingerprint density at radius 3 is 2.87 bits per heavy atom. The molecule has 122 valence electrons. The van der Waals surface area contributed by atoms with Crippen molar-refractivity contribution in [3.05, 3.63) is 59.0 Å². The molecule has 5 atom stereocenters. The minimum atomic E-state index is -0.586. The van der Waals surface area contributed by atoms with Crippen LogP contribution in [0.3, 0.4) is 0 Å². The van der Waals surface area contributed by atoms with Crippen LogP contribution in [-0.4, -0.2) is 43.9 Å². The molecule has 0 amide bonds. The van der Waals surface area contributed by atoms with E-state index in [4.69, 9.17) is 24.5 Å². The molecular weight excluding hydrogens is 298 g/mol. The van der Waals surface area contributed by atoms with E-state index < -0.39 is 18.4 Å². The third-order valence-corrected chi connectivity index (χ3v) is 3.92. The zero-order valence-electron chi connectivity index (χ0n) is 12.7. The highest BCUT2D eigenvalue weighted by Crippen LogP contribution is 2.34. The Bertz CT molecular complexity index is 576. The molecule has 0 radical (unpaired) electrons. The number of ether oxygens (including phenoxy) is 4. The number of benzene rings is 1. The molecule has 1 aromatic rings. The molecule has 7 nitrogen and oxygen atoms in total. The van der Waals surface area contributed by atoms with Crippen LogP contribution < -0.4 is 0 Å². The zero-order valence-corrected chi connectivity index (χ0v) is 12.7. The predicted molar refractivity (Wildman–Crippen MR) is 82.5 cm³/mol. The van der Waals surface area contributed by atoms with Gasteiger partial charge in [-0.05, 0) is 11.1 Å². The van der Waals surface area contributed by atoms with E-state index in [1.165, 1.54) is 0 Å². The molecule has 0 aliphatic carbocycles. The summed E-state index contributed by atoms with van der Waals surface area (Å²) >= 11 is 0. The molecule has 0 unspecified atom stereocenters. The highest BCUT2D eigenvalue weighted by Gasteiger charge is 2.51. The van der Waals surface area contributed by atoms with Crippen LogP contribution >= 0.6 is 0 Å². The molecule has 2 fully saturated rings. The van der Waals surface area contributed by atoms with Crippen LogP contribution in [0.2, 0.25) is 0 Å². The summed E-state index contributed by atoms with van der Waals surface area (Å²) in [6.07, 6.45) is 0.0491.